The van der Waals surface area contributed by atoms with Crippen molar-refractivity contribution in [3.05, 3.63) is 46.3 Å². The Morgan fingerprint density at radius 2 is 1.79 bits per heavy atom. The van der Waals surface area contributed by atoms with Crippen LogP contribution in [0.5, 0.6) is 0 Å². The van der Waals surface area contributed by atoms with Crippen molar-refractivity contribution >= 4 is 35.6 Å². The van der Waals surface area contributed by atoms with Crippen LogP contribution in [-0.4, -0.2) is 53.9 Å². The normalized spacial score (nSPS) is 14.9. The average Bonchev–Trinajstić information content (AvgIpc) is 2.91. The fourth-order valence-corrected chi connectivity index (χ4v) is 3.81. The molecular formula is C21H33IN6. The topological polar surface area (TPSA) is 48.7 Å². The molecule has 1 aromatic carbocycles. The fourth-order valence-electron chi connectivity index (χ4n) is 3.81. The molecule has 0 spiro atoms. The van der Waals surface area contributed by atoms with Crippen LogP contribution in [0.25, 0.3) is 0 Å². The van der Waals surface area contributed by atoms with Crippen LogP contribution in [0.4, 0.5) is 5.69 Å². The molecule has 0 unspecified atom stereocenters. The summed E-state index contributed by atoms with van der Waals surface area (Å²) in [4.78, 5) is 9.35. The van der Waals surface area contributed by atoms with E-state index in [0.29, 0.717) is 0 Å². The van der Waals surface area contributed by atoms with Crippen LogP contribution < -0.4 is 10.2 Å². The van der Waals surface area contributed by atoms with E-state index < -0.39 is 0 Å². The van der Waals surface area contributed by atoms with Crippen molar-refractivity contribution in [3.8, 4) is 0 Å². The van der Waals surface area contributed by atoms with Crippen molar-refractivity contribution in [1.29, 1.82) is 0 Å². The number of hydrogen-bond donors (Lipinski definition) is 1. The Bertz CT molecular complexity index is 834. The average molecular weight is 496 g/mol. The summed E-state index contributed by atoms with van der Waals surface area (Å²) in [5.74, 6) is 0.971. The summed E-state index contributed by atoms with van der Waals surface area (Å²) in [6.07, 6.45) is 0. The van der Waals surface area contributed by atoms with Gasteiger partial charge in [-0.15, -0.1) is 24.0 Å². The van der Waals surface area contributed by atoms with E-state index in [2.05, 4.69) is 71.1 Å². The lowest BCUT2D eigenvalue weighted by Gasteiger charge is -2.38. The van der Waals surface area contributed by atoms with Gasteiger partial charge in [-0.1, -0.05) is 12.1 Å². The maximum absolute atomic E-state index is 4.51. The number of benzene rings is 1. The number of piperazine rings is 1. The van der Waals surface area contributed by atoms with Gasteiger partial charge in [-0.3, -0.25) is 9.67 Å². The quantitative estimate of drug-likeness (QED) is 0.403. The molecule has 0 atom stereocenters. The Morgan fingerprint density at radius 1 is 1.11 bits per heavy atom. The largest absolute Gasteiger partial charge is 0.368 e. The minimum absolute atomic E-state index is 0. The Labute approximate surface area is 186 Å². The summed E-state index contributed by atoms with van der Waals surface area (Å²) >= 11 is 0. The zero-order valence-corrected chi connectivity index (χ0v) is 20.2. The first-order valence-electron chi connectivity index (χ1n) is 9.68. The number of aromatic nitrogens is 2. The molecule has 0 bridgehead atoms. The molecule has 2 heterocycles. The summed E-state index contributed by atoms with van der Waals surface area (Å²) in [6, 6.07) is 6.57. The van der Waals surface area contributed by atoms with Gasteiger partial charge in [0.2, 0.25) is 0 Å². The molecule has 0 amide bonds. The van der Waals surface area contributed by atoms with Crippen molar-refractivity contribution in [2.75, 3.05) is 38.1 Å². The highest BCUT2D eigenvalue weighted by molar-refractivity contribution is 14.0. The number of anilines is 1. The minimum Gasteiger partial charge on any atom is -0.368 e. The molecule has 1 N–H and O–H groups in total. The molecule has 6 nitrogen and oxygen atoms in total. The summed E-state index contributed by atoms with van der Waals surface area (Å²) in [5.41, 5.74) is 7.64. The molecule has 2 aromatic rings. The molecule has 28 heavy (non-hydrogen) atoms. The van der Waals surface area contributed by atoms with Crippen LogP contribution in [0.2, 0.25) is 0 Å². The highest BCUT2D eigenvalue weighted by Gasteiger charge is 2.21. The van der Waals surface area contributed by atoms with Gasteiger partial charge < -0.3 is 15.1 Å². The molecule has 0 saturated carbocycles. The molecule has 0 radical (unpaired) electrons. The van der Waals surface area contributed by atoms with Crippen LogP contribution in [0, 0.1) is 27.7 Å². The second kappa shape index (κ2) is 9.62. The number of nitrogens with zero attached hydrogens (tertiary/aromatic N) is 5. The summed E-state index contributed by atoms with van der Waals surface area (Å²) in [6.45, 7) is 13.3. The molecule has 1 aromatic heterocycles. The van der Waals surface area contributed by atoms with Gasteiger partial charge in [0.15, 0.2) is 5.96 Å². The Hall–Kier alpha value is -1.77. The van der Waals surface area contributed by atoms with Crippen LogP contribution in [-0.2, 0) is 13.6 Å². The molecule has 1 saturated heterocycles. The molecule has 7 heteroatoms. The van der Waals surface area contributed by atoms with Crippen molar-refractivity contribution in [3.63, 3.8) is 0 Å². The number of aryl methyl sites for hydroxylation is 3. The first-order chi connectivity index (χ1) is 12.9. The maximum atomic E-state index is 4.51. The van der Waals surface area contributed by atoms with E-state index in [1.54, 1.807) is 0 Å². The lowest BCUT2D eigenvalue weighted by atomic mass is 10.1. The van der Waals surface area contributed by atoms with Crippen LogP contribution in [0.1, 0.15) is 28.1 Å². The van der Waals surface area contributed by atoms with Gasteiger partial charge in [0.25, 0.3) is 0 Å². The third-order valence-corrected chi connectivity index (χ3v) is 5.79. The Kier molecular flexibility index (Phi) is 7.74. The summed E-state index contributed by atoms with van der Waals surface area (Å²) in [7, 11) is 3.86. The lowest BCUT2D eigenvalue weighted by Crippen LogP contribution is -2.52. The monoisotopic (exact) mass is 496 g/mol. The minimum atomic E-state index is 0. The number of rotatable bonds is 3. The molecule has 154 valence electrons. The van der Waals surface area contributed by atoms with E-state index in [0.717, 1.165) is 44.4 Å². The predicted molar refractivity (Wildman–Crippen MR) is 128 cm³/mol. The van der Waals surface area contributed by atoms with E-state index in [1.807, 2.05) is 18.8 Å². The zero-order chi connectivity index (χ0) is 19.6. The Balaban J connectivity index is 0.00000280. The first-order valence-corrected chi connectivity index (χ1v) is 9.68. The van der Waals surface area contributed by atoms with Crippen LogP contribution in [0.15, 0.2) is 23.2 Å². The van der Waals surface area contributed by atoms with Gasteiger partial charge in [-0.05, 0) is 44.9 Å². The van der Waals surface area contributed by atoms with Crippen LogP contribution >= 0.6 is 24.0 Å². The number of guanidine groups is 1. The SMILES string of the molecule is CN=C(NCc1c(C)nn(C)c1C)N1CCN(c2cccc(C)c2C)CC1.I. The van der Waals surface area contributed by atoms with E-state index in [9.17, 15) is 0 Å². The number of hydrogen-bond acceptors (Lipinski definition) is 3. The van der Waals surface area contributed by atoms with Crippen molar-refractivity contribution in [2.45, 2.75) is 34.2 Å². The highest BCUT2D eigenvalue weighted by Crippen LogP contribution is 2.24. The summed E-state index contributed by atoms with van der Waals surface area (Å²) < 4.78 is 1.94. The standard InChI is InChI=1S/C21H32N6.HI/c1-15-8-7-9-20(16(15)2)26-10-12-27(13-11-26)21(22-5)23-14-19-17(3)24-25(6)18(19)4;/h7-9H,10-14H2,1-6H3,(H,22,23);1H. The van der Waals surface area contributed by atoms with E-state index in [4.69, 9.17) is 0 Å². The van der Waals surface area contributed by atoms with E-state index >= 15 is 0 Å². The van der Waals surface area contributed by atoms with Crippen LogP contribution in [0.3, 0.4) is 0 Å². The molecule has 1 aliphatic rings. The van der Waals surface area contributed by atoms with Gasteiger partial charge in [-0.25, -0.2) is 0 Å². The smallest absolute Gasteiger partial charge is 0.194 e. The second-order valence-corrected chi connectivity index (χ2v) is 7.37. The van der Waals surface area contributed by atoms with E-state index in [-0.39, 0.29) is 24.0 Å². The van der Waals surface area contributed by atoms with Gasteiger partial charge in [-0.2, -0.15) is 5.10 Å². The number of aliphatic imine (C=N–C) groups is 1. The molecule has 3 rings (SSSR count). The zero-order valence-electron chi connectivity index (χ0n) is 17.9. The molecule has 1 aliphatic heterocycles. The molecular weight excluding hydrogens is 463 g/mol. The molecule has 0 aliphatic carbocycles. The van der Waals surface area contributed by atoms with Gasteiger partial charge in [0.1, 0.15) is 0 Å². The first kappa shape index (κ1) is 22.5. The highest BCUT2D eigenvalue weighted by atomic mass is 127. The third kappa shape index (κ3) is 4.61. The predicted octanol–water partition coefficient (Wildman–Crippen LogP) is 3.17. The van der Waals surface area contributed by atoms with Crippen molar-refractivity contribution in [2.24, 2.45) is 12.0 Å². The summed E-state index contributed by atoms with van der Waals surface area (Å²) in [5, 5.41) is 8.03. The van der Waals surface area contributed by atoms with Crippen molar-refractivity contribution in [1.82, 2.24) is 20.0 Å². The lowest BCUT2D eigenvalue weighted by molar-refractivity contribution is 0.372. The second-order valence-electron chi connectivity index (χ2n) is 7.37. The van der Waals surface area contributed by atoms with Crippen molar-refractivity contribution < 1.29 is 0 Å². The maximum Gasteiger partial charge on any atom is 0.194 e. The fraction of sp³-hybridized carbons (Fsp3) is 0.524. The third-order valence-electron chi connectivity index (χ3n) is 5.79. The molecule has 1 fully saturated rings. The number of nitrogens with one attached hydrogen (secondary N) is 1. The Morgan fingerprint density at radius 3 is 2.36 bits per heavy atom. The van der Waals surface area contributed by atoms with Gasteiger partial charge in [0.05, 0.1) is 5.69 Å². The van der Waals surface area contributed by atoms with Gasteiger partial charge >= 0.3 is 0 Å². The van der Waals surface area contributed by atoms with Gasteiger partial charge in [0, 0.05) is 63.8 Å². The number of halogens is 1. The van der Waals surface area contributed by atoms with E-state index in [1.165, 1.54) is 28.1 Å².